The lowest BCUT2D eigenvalue weighted by Crippen LogP contribution is -2.61. The number of hydrogen-bond donors (Lipinski definition) is 0. The minimum atomic E-state index is -0.277. The minimum absolute atomic E-state index is 0.0587. The molecule has 0 amide bonds. The summed E-state index contributed by atoms with van der Waals surface area (Å²) >= 11 is 3.90. The molecule has 112 heavy (non-hydrogen) atoms. The van der Waals surface area contributed by atoms with Crippen LogP contribution in [0.2, 0.25) is 0 Å². The molecular formula is C106H104BN3S2. The van der Waals surface area contributed by atoms with Crippen molar-refractivity contribution in [2.45, 2.75) is 183 Å². The predicted octanol–water partition coefficient (Wildman–Crippen LogP) is 29.4. The van der Waals surface area contributed by atoms with Gasteiger partial charge in [0.05, 0.1) is 32.8 Å². The number of aromatic nitrogens is 1. The van der Waals surface area contributed by atoms with Crippen molar-refractivity contribution < 1.29 is 0 Å². The number of rotatable bonds is 7. The lowest BCUT2D eigenvalue weighted by molar-refractivity contribution is 0.589. The van der Waals surface area contributed by atoms with Crippen LogP contribution in [0.1, 0.15) is 184 Å². The lowest BCUT2D eigenvalue weighted by atomic mass is 9.33. The quantitative estimate of drug-likeness (QED) is 0.147. The molecule has 0 aliphatic carbocycles. The second-order valence-electron chi connectivity index (χ2n) is 39.5. The molecule has 6 heteroatoms. The standard InChI is InChI=1S/C106H104BN3S2/c1-100(2,3)67-42-34-63(35-43-67)78-55-72(105(16,17)18)56-79(64-36-44-68(45-37-64)101(4,5)6)96(78)109-90-60-83-82-54-71(104(13,14)15)50-53-93(82)111-94(83)62-86(90)107-85-59-74(108-87-31-25-22-28-75(87)76-29-23-26-32-88(76)108)51-52-89(85)110(98-95(107)91(109)61-84-77-30-24-27-33-92(77)112-99(84)98)97-80(65-38-46-69(47-39-65)102(7,8)9)57-73(106(19,20)21)58-81(97)66-40-48-70(49-41-66)103(10,11)12/h22-62H,1-21H3. The summed E-state index contributed by atoms with van der Waals surface area (Å²) in [5.74, 6) is 0. The Bertz CT molecular complexity index is 6290. The van der Waals surface area contributed by atoms with Crippen molar-refractivity contribution in [2.24, 2.45) is 0 Å². The van der Waals surface area contributed by atoms with Gasteiger partial charge in [-0.25, -0.2) is 0 Å². The van der Waals surface area contributed by atoms with Crippen molar-refractivity contribution in [2.75, 3.05) is 9.80 Å². The summed E-state index contributed by atoms with van der Waals surface area (Å²) in [5.41, 5.74) is 32.3. The molecule has 0 bridgehead atoms. The first-order valence-electron chi connectivity index (χ1n) is 40.5. The summed E-state index contributed by atoms with van der Waals surface area (Å²) in [6.07, 6.45) is 0. The van der Waals surface area contributed by atoms with E-state index in [2.05, 4.69) is 408 Å². The van der Waals surface area contributed by atoms with Crippen LogP contribution in [0, 0.1) is 0 Å². The van der Waals surface area contributed by atoms with Crippen molar-refractivity contribution in [1.29, 1.82) is 0 Å². The lowest BCUT2D eigenvalue weighted by Gasteiger charge is -2.46. The molecule has 2 aliphatic heterocycles. The SMILES string of the molecule is CC(C)(C)c1ccc(-c2cc(C(C)(C)C)cc(-c3ccc(C(C)(C)C)cc3)c2N2c3cc4c(cc3B3c5cc(-n6c7ccccc7c7ccccc76)ccc5N(c5c(-c6ccc(C(C)(C)C)cc6)cc(C(C)(C)C)cc5-c5ccc(C(C)(C)C)cc5)c5c3c2cc2c5sc3ccccc32)sc2ccc(C(C)(C)C)cc24)cc1. The summed E-state index contributed by atoms with van der Waals surface area (Å²) in [5, 5.41) is 7.55. The van der Waals surface area contributed by atoms with E-state index in [1.165, 1.54) is 190 Å². The molecule has 0 saturated heterocycles. The Kier molecular flexibility index (Phi) is 16.8. The van der Waals surface area contributed by atoms with E-state index in [0.717, 1.165) is 11.4 Å². The van der Waals surface area contributed by atoms with Crippen molar-refractivity contribution in [3.05, 3.63) is 288 Å². The van der Waals surface area contributed by atoms with Crippen molar-refractivity contribution >= 4 is 142 Å². The van der Waals surface area contributed by atoms with E-state index in [9.17, 15) is 0 Å². The van der Waals surface area contributed by atoms with Crippen LogP contribution in [-0.4, -0.2) is 11.3 Å². The van der Waals surface area contributed by atoms with E-state index in [-0.39, 0.29) is 44.6 Å². The fourth-order valence-corrected chi connectivity index (χ4v) is 20.2. The highest BCUT2D eigenvalue weighted by Gasteiger charge is 2.48. The molecule has 2 aliphatic rings. The molecule has 0 radical (unpaired) electrons. The maximum absolute atomic E-state index is 2.82. The van der Waals surface area contributed by atoms with Crippen LogP contribution in [0.25, 0.3) is 112 Å². The zero-order valence-corrected chi connectivity index (χ0v) is 71.0. The predicted molar refractivity (Wildman–Crippen MR) is 493 cm³/mol. The number of para-hydroxylation sites is 2. The Morgan fingerprint density at radius 2 is 0.625 bits per heavy atom. The Labute approximate surface area is 672 Å². The van der Waals surface area contributed by atoms with Gasteiger partial charge in [-0.3, -0.25) is 0 Å². The van der Waals surface area contributed by atoms with Crippen LogP contribution in [0.3, 0.4) is 0 Å². The smallest absolute Gasteiger partial charge is 0.252 e. The van der Waals surface area contributed by atoms with Crippen LogP contribution < -0.4 is 26.2 Å². The van der Waals surface area contributed by atoms with Crippen molar-refractivity contribution in [3.63, 3.8) is 0 Å². The van der Waals surface area contributed by atoms with Gasteiger partial charge in [0.15, 0.2) is 0 Å². The van der Waals surface area contributed by atoms with Crippen LogP contribution in [0.5, 0.6) is 0 Å². The monoisotopic (exact) mass is 1490 g/mol. The van der Waals surface area contributed by atoms with Gasteiger partial charge in [0.25, 0.3) is 6.71 Å². The zero-order valence-electron chi connectivity index (χ0n) is 69.4. The van der Waals surface area contributed by atoms with E-state index in [1.54, 1.807) is 0 Å². The van der Waals surface area contributed by atoms with Gasteiger partial charge in [0.2, 0.25) is 0 Å². The first-order chi connectivity index (χ1) is 52.9. The number of thiophene rings is 2. The molecule has 0 saturated carbocycles. The summed E-state index contributed by atoms with van der Waals surface area (Å²) < 4.78 is 7.66. The zero-order chi connectivity index (χ0) is 78.6. The van der Waals surface area contributed by atoms with E-state index in [0.29, 0.717) is 0 Å². The van der Waals surface area contributed by atoms with E-state index < -0.39 is 0 Å². The molecule has 0 spiro atoms. The third-order valence-electron chi connectivity index (χ3n) is 24.5. The second-order valence-corrected chi connectivity index (χ2v) is 41.6. The first-order valence-corrected chi connectivity index (χ1v) is 42.1. The molecule has 0 fully saturated rings. The van der Waals surface area contributed by atoms with Crippen molar-refractivity contribution in [3.8, 4) is 50.2 Å². The minimum Gasteiger partial charge on any atom is -0.310 e. The largest absolute Gasteiger partial charge is 0.310 e. The molecule has 13 aromatic carbocycles. The first kappa shape index (κ1) is 73.3. The van der Waals surface area contributed by atoms with Gasteiger partial charge in [-0.1, -0.05) is 303 Å². The molecule has 0 unspecified atom stereocenters. The fraction of sp³-hybridized carbons (Fsp3) is 0.264. The third kappa shape index (κ3) is 12.2. The highest BCUT2D eigenvalue weighted by Crippen LogP contribution is 2.59. The van der Waals surface area contributed by atoms with Gasteiger partial charge < -0.3 is 14.4 Å². The summed E-state index contributed by atoms with van der Waals surface area (Å²) in [6.45, 7) is 49.2. The fourth-order valence-electron chi connectivity index (χ4n) is 17.9. The summed E-state index contributed by atoms with van der Waals surface area (Å²) in [4.78, 5) is 5.64. The maximum atomic E-state index is 2.82. The molecule has 3 nitrogen and oxygen atoms in total. The average molecular weight is 1490 g/mol. The second kappa shape index (κ2) is 25.6. The van der Waals surface area contributed by atoms with Crippen LogP contribution in [-0.2, 0) is 37.9 Å². The van der Waals surface area contributed by atoms with Gasteiger partial charge in [-0.2, -0.15) is 0 Å². The summed E-state index contributed by atoms with van der Waals surface area (Å²) in [7, 11) is 0. The molecular weight excluding hydrogens is 1390 g/mol. The van der Waals surface area contributed by atoms with Crippen molar-refractivity contribution in [1.82, 2.24) is 4.57 Å². The number of nitrogens with zero attached hydrogens (tertiary/aromatic N) is 3. The number of fused-ring (bicyclic) bond motifs is 14. The molecule has 16 aromatic rings. The van der Waals surface area contributed by atoms with E-state index >= 15 is 0 Å². The molecule has 5 heterocycles. The van der Waals surface area contributed by atoms with Crippen LogP contribution in [0.15, 0.2) is 249 Å². The molecule has 0 N–H and O–H groups in total. The van der Waals surface area contributed by atoms with Crippen LogP contribution >= 0.6 is 22.7 Å². The van der Waals surface area contributed by atoms with E-state index in [1.807, 2.05) is 22.7 Å². The number of benzene rings is 13. The maximum Gasteiger partial charge on any atom is 0.252 e. The molecule has 18 rings (SSSR count). The highest BCUT2D eigenvalue weighted by molar-refractivity contribution is 7.27. The normalized spacial score (nSPS) is 13.7. The average Bonchev–Trinajstić information content (AvgIpc) is 1.16. The van der Waals surface area contributed by atoms with Gasteiger partial charge in [-0.05, 0) is 206 Å². The van der Waals surface area contributed by atoms with E-state index in [4.69, 9.17) is 0 Å². The third-order valence-corrected chi connectivity index (χ3v) is 26.8. The van der Waals surface area contributed by atoms with Crippen LogP contribution in [0.4, 0.5) is 34.1 Å². The van der Waals surface area contributed by atoms with Gasteiger partial charge in [-0.15, -0.1) is 22.7 Å². The Balaban J connectivity index is 1.07. The molecule has 0 atom stereocenters. The Morgan fingerprint density at radius 3 is 1.07 bits per heavy atom. The highest BCUT2D eigenvalue weighted by atomic mass is 32.1. The molecule has 558 valence electrons. The molecule has 3 aromatic heterocycles. The summed E-state index contributed by atoms with van der Waals surface area (Å²) in [6, 6.07) is 99.1. The van der Waals surface area contributed by atoms with Gasteiger partial charge in [0, 0.05) is 91.4 Å². The topological polar surface area (TPSA) is 11.4 Å². The Hall–Kier alpha value is -10.2. The Morgan fingerprint density at radius 1 is 0.250 bits per heavy atom. The van der Waals surface area contributed by atoms with Gasteiger partial charge >= 0.3 is 0 Å². The number of hydrogen-bond acceptors (Lipinski definition) is 4. The number of anilines is 6. The van der Waals surface area contributed by atoms with Gasteiger partial charge in [0.1, 0.15) is 0 Å².